The first-order valence-electron chi connectivity index (χ1n) is 4.24. The Bertz CT molecular complexity index is 181. The van der Waals surface area contributed by atoms with E-state index in [0.29, 0.717) is 18.6 Å². The molecule has 0 aromatic carbocycles. The summed E-state index contributed by atoms with van der Waals surface area (Å²) in [6.07, 6.45) is 2.52. The summed E-state index contributed by atoms with van der Waals surface area (Å²) < 4.78 is 5.31. The molecule has 0 unspecified atom stereocenters. The predicted octanol–water partition coefficient (Wildman–Crippen LogP) is 0.396. The largest absolute Gasteiger partial charge is 0.368 e. The molecule has 3 heteroatoms. The molecule has 0 saturated carbocycles. The second-order valence-corrected chi connectivity index (χ2v) is 3.19. The van der Waals surface area contributed by atoms with Crippen LogP contribution in [0.2, 0.25) is 0 Å². The number of epoxide rings is 1. The Kier molecular flexibility index (Phi) is 1.60. The van der Waals surface area contributed by atoms with Crippen LogP contribution >= 0.6 is 0 Å². The highest BCUT2D eigenvalue weighted by molar-refractivity contribution is 5.76. The minimum Gasteiger partial charge on any atom is -0.368 e. The van der Waals surface area contributed by atoms with Crippen molar-refractivity contribution in [3.8, 4) is 0 Å². The van der Waals surface area contributed by atoms with Gasteiger partial charge in [-0.1, -0.05) is 6.92 Å². The van der Waals surface area contributed by atoms with Gasteiger partial charge >= 0.3 is 0 Å². The summed E-state index contributed by atoms with van der Waals surface area (Å²) in [4.78, 5) is 13.1. The minimum absolute atomic E-state index is 0.263. The number of ether oxygens (including phenoxy) is 1. The minimum atomic E-state index is 0.263. The van der Waals surface area contributed by atoms with Crippen molar-refractivity contribution in [2.75, 3.05) is 13.1 Å². The van der Waals surface area contributed by atoms with Gasteiger partial charge in [-0.25, -0.2) is 0 Å². The lowest BCUT2D eigenvalue weighted by Crippen LogP contribution is -2.38. The maximum Gasteiger partial charge on any atom is 0.222 e. The van der Waals surface area contributed by atoms with Crippen molar-refractivity contribution in [1.29, 1.82) is 0 Å². The molecule has 0 bridgehead atoms. The lowest BCUT2D eigenvalue weighted by Gasteiger charge is -2.23. The standard InChI is InChI=1S/C8H13NO2/c1-2-8(10)9-4-3-6-7(5-9)11-6/h6-7H,2-5H2,1H3/t6-,7+/m1/s1. The summed E-state index contributed by atoms with van der Waals surface area (Å²) in [5.74, 6) is 0.263. The number of hydrogen-bond acceptors (Lipinski definition) is 2. The van der Waals surface area contributed by atoms with Crippen LogP contribution < -0.4 is 0 Å². The van der Waals surface area contributed by atoms with E-state index in [1.807, 2.05) is 11.8 Å². The van der Waals surface area contributed by atoms with Crippen molar-refractivity contribution in [2.24, 2.45) is 0 Å². The summed E-state index contributed by atoms with van der Waals surface area (Å²) in [7, 11) is 0. The molecular formula is C8H13NO2. The van der Waals surface area contributed by atoms with E-state index in [2.05, 4.69) is 0 Å². The highest BCUT2D eigenvalue weighted by atomic mass is 16.6. The Labute approximate surface area is 66.3 Å². The molecule has 3 nitrogen and oxygen atoms in total. The fourth-order valence-corrected chi connectivity index (χ4v) is 1.64. The number of nitrogens with zero attached hydrogens (tertiary/aromatic N) is 1. The smallest absolute Gasteiger partial charge is 0.222 e. The van der Waals surface area contributed by atoms with Gasteiger partial charge in [0.15, 0.2) is 0 Å². The molecule has 2 atom stereocenters. The number of carbonyl (C=O) groups excluding carboxylic acids is 1. The number of hydrogen-bond donors (Lipinski definition) is 0. The van der Waals surface area contributed by atoms with Crippen LogP contribution in [0.1, 0.15) is 19.8 Å². The van der Waals surface area contributed by atoms with E-state index >= 15 is 0 Å². The third-order valence-corrected chi connectivity index (χ3v) is 2.43. The molecule has 11 heavy (non-hydrogen) atoms. The molecule has 2 aliphatic rings. The first-order valence-corrected chi connectivity index (χ1v) is 4.24. The highest BCUT2D eigenvalue weighted by Crippen LogP contribution is 2.30. The molecule has 62 valence electrons. The fraction of sp³-hybridized carbons (Fsp3) is 0.875. The summed E-state index contributed by atoms with van der Waals surface area (Å²) in [5, 5.41) is 0. The molecule has 0 aromatic heterocycles. The molecule has 2 heterocycles. The zero-order valence-electron chi connectivity index (χ0n) is 6.75. The van der Waals surface area contributed by atoms with Crippen molar-refractivity contribution in [1.82, 2.24) is 4.90 Å². The topological polar surface area (TPSA) is 32.8 Å². The molecule has 2 fully saturated rings. The average Bonchev–Trinajstić information content (AvgIpc) is 2.80. The van der Waals surface area contributed by atoms with Crippen LogP contribution in [0, 0.1) is 0 Å². The molecule has 2 aliphatic heterocycles. The van der Waals surface area contributed by atoms with Crippen LogP contribution in [0.5, 0.6) is 0 Å². The van der Waals surface area contributed by atoms with E-state index in [1.165, 1.54) is 0 Å². The number of carbonyl (C=O) groups is 1. The van der Waals surface area contributed by atoms with Crippen LogP contribution in [0.3, 0.4) is 0 Å². The number of fused-ring (bicyclic) bond motifs is 1. The van der Waals surface area contributed by atoms with Gasteiger partial charge in [-0.2, -0.15) is 0 Å². The van der Waals surface area contributed by atoms with Crippen LogP contribution in [-0.2, 0) is 9.53 Å². The van der Waals surface area contributed by atoms with Crippen molar-refractivity contribution in [3.05, 3.63) is 0 Å². The second-order valence-electron chi connectivity index (χ2n) is 3.19. The van der Waals surface area contributed by atoms with Gasteiger partial charge in [0.1, 0.15) is 6.10 Å². The van der Waals surface area contributed by atoms with E-state index in [1.54, 1.807) is 0 Å². The summed E-state index contributed by atoms with van der Waals surface area (Å²) in [6.45, 7) is 3.63. The Balaban J connectivity index is 1.89. The fourth-order valence-electron chi connectivity index (χ4n) is 1.64. The summed E-state index contributed by atoms with van der Waals surface area (Å²) in [5.41, 5.74) is 0. The van der Waals surface area contributed by atoms with Gasteiger partial charge in [0.05, 0.1) is 6.10 Å². The van der Waals surface area contributed by atoms with E-state index < -0.39 is 0 Å². The quantitative estimate of drug-likeness (QED) is 0.513. The van der Waals surface area contributed by atoms with Gasteiger partial charge in [0, 0.05) is 19.5 Å². The third kappa shape index (κ3) is 1.25. The normalized spacial score (nSPS) is 34.8. The van der Waals surface area contributed by atoms with Crippen molar-refractivity contribution >= 4 is 5.91 Å². The van der Waals surface area contributed by atoms with Crippen LogP contribution in [0.4, 0.5) is 0 Å². The first-order chi connectivity index (χ1) is 5.31. The van der Waals surface area contributed by atoms with Gasteiger partial charge in [-0.3, -0.25) is 4.79 Å². The molecule has 0 aromatic rings. The number of likely N-dealkylation sites (tertiary alicyclic amines) is 1. The number of amides is 1. The summed E-state index contributed by atoms with van der Waals surface area (Å²) in [6, 6.07) is 0. The van der Waals surface area contributed by atoms with Crippen LogP contribution in [0.25, 0.3) is 0 Å². The second kappa shape index (κ2) is 2.48. The molecule has 2 rings (SSSR count). The third-order valence-electron chi connectivity index (χ3n) is 2.43. The number of piperidine rings is 1. The van der Waals surface area contributed by atoms with Crippen LogP contribution in [-0.4, -0.2) is 36.1 Å². The Hall–Kier alpha value is -0.570. The molecule has 0 spiro atoms. The monoisotopic (exact) mass is 155 g/mol. The number of rotatable bonds is 1. The van der Waals surface area contributed by atoms with Crippen LogP contribution in [0.15, 0.2) is 0 Å². The van der Waals surface area contributed by atoms with E-state index in [0.717, 1.165) is 19.5 Å². The van der Waals surface area contributed by atoms with Crippen molar-refractivity contribution in [3.63, 3.8) is 0 Å². The van der Waals surface area contributed by atoms with Gasteiger partial charge in [-0.15, -0.1) is 0 Å². The Morgan fingerprint density at radius 1 is 1.64 bits per heavy atom. The Morgan fingerprint density at radius 3 is 3.09 bits per heavy atom. The first kappa shape index (κ1) is 7.10. The van der Waals surface area contributed by atoms with E-state index in [4.69, 9.17) is 4.74 Å². The summed E-state index contributed by atoms with van der Waals surface area (Å²) >= 11 is 0. The SMILES string of the molecule is CCC(=O)N1CC[C@H]2O[C@H]2C1. The zero-order chi connectivity index (χ0) is 7.84. The van der Waals surface area contributed by atoms with Crippen molar-refractivity contribution in [2.45, 2.75) is 32.0 Å². The highest BCUT2D eigenvalue weighted by Gasteiger charge is 2.44. The Morgan fingerprint density at radius 2 is 2.45 bits per heavy atom. The van der Waals surface area contributed by atoms with Gasteiger partial charge in [0.2, 0.25) is 5.91 Å². The van der Waals surface area contributed by atoms with Gasteiger partial charge in [0.25, 0.3) is 0 Å². The molecular weight excluding hydrogens is 142 g/mol. The van der Waals surface area contributed by atoms with Crippen molar-refractivity contribution < 1.29 is 9.53 Å². The van der Waals surface area contributed by atoms with E-state index in [-0.39, 0.29) is 5.91 Å². The molecule has 0 radical (unpaired) electrons. The van der Waals surface area contributed by atoms with Gasteiger partial charge in [-0.05, 0) is 6.42 Å². The molecule has 1 amide bonds. The lowest BCUT2D eigenvalue weighted by atomic mass is 10.1. The van der Waals surface area contributed by atoms with Gasteiger partial charge < -0.3 is 9.64 Å². The lowest BCUT2D eigenvalue weighted by molar-refractivity contribution is -0.131. The maximum atomic E-state index is 11.2. The zero-order valence-corrected chi connectivity index (χ0v) is 6.75. The molecule has 0 aliphatic carbocycles. The maximum absolute atomic E-state index is 11.2. The molecule has 0 N–H and O–H groups in total. The van der Waals surface area contributed by atoms with E-state index in [9.17, 15) is 4.79 Å². The predicted molar refractivity (Wildman–Crippen MR) is 40.1 cm³/mol. The average molecular weight is 155 g/mol. The molecule has 2 saturated heterocycles.